The Hall–Kier alpha value is -2.74. The molecule has 10 heteroatoms. The van der Waals surface area contributed by atoms with Crippen LogP contribution >= 0.6 is 19.4 Å². The third-order valence-electron chi connectivity index (χ3n) is 5.91. The summed E-state index contributed by atoms with van der Waals surface area (Å²) in [6, 6.07) is 13.6. The van der Waals surface area contributed by atoms with Gasteiger partial charge in [-0.05, 0) is 69.1 Å². The first-order chi connectivity index (χ1) is 15.8. The van der Waals surface area contributed by atoms with Gasteiger partial charge in [-0.15, -0.1) is 0 Å². The lowest BCUT2D eigenvalue weighted by Gasteiger charge is -2.31. The summed E-state index contributed by atoms with van der Waals surface area (Å²) < 4.78 is 59.8. The fourth-order valence-electron chi connectivity index (χ4n) is 3.78. The largest absolute Gasteiger partial charge is 0.457 e. The Kier molecular flexibility index (Phi) is 6.09. The summed E-state index contributed by atoms with van der Waals surface area (Å²) in [5, 5.41) is 0.953. The first-order valence-corrected chi connectivity index (χ1v) is 14.9. The highest BCUT2D eigenvalue weighted by Gasteiger charge is 2.46. The first-order valence-electron chi connectivity index (χ1n) is 10.4. The van der Waals surface area contributed by atoms with Gasteiger partial charge in [0.15, 0.2) is 0 Å². The van der Waals surface area contributed by atoms with Gasteiger partial charge in [-0.25, -0.2) is 16.8 Å². The number of aromatic nitrogens is 1. The van der Waals surface area contributed by atoms with Gasteiger partial charge in [0, 0.05) is 22.5 Å². The molecule has 0 bridgehead atoms. The average Bonchev–Trinajstić information content (AvgIpc) is 3.19. The van der Waals surface area contributed by atoms with E-state index in [1.807, 2.05) is 0 Å². The Morgan fingerprint density at radius 3 is 2.53 bits per heavy atom. The van der Waals surface area contributed by atoms with E-state index in [1.54, 1.807) is 54.6 Å². The van der Waals surface area contributed by atoms with Gasteiger partial charge in [0.2, 0.25) is 0 Å². The molecule has 3 aromatic rings. The van der Waals surface area contributed by atoms with E-state index in [1.165, 1.54) is 26.5 Å². The Morgan fingerprint density at radius 2 is 1.88 bits per heavy atom. The van der Waals surface area contributed by atoms with Crippen molar-refractivity contribution in [3.05, 3.63) is 83.6 Å². The molecule has 2 N–H and O–H groups in total. The van der Waals surface area contributed by atoms with Crippen molar-refractivity contribution >= 4 is 45.3 Å². The van der Waals surface area contributed by atoms with E-state index in [-0.39, 0.29) is 11.4 Å². The molecule has 0 saturated carbocycles. The van der Waals surface area contributed by atoms with E-state index in [0.717, 1.165) is 10.0 Å². The van der Waals surface area contributed by atoms with Crippen LogP contribution in [0, 0.1) is 0 Å². The van der Waals surface area contributed by atoms with Crippen LogP contribution in [0.2, 0.25) is 0 Å². The lowest BCUT2D eigenvalue weighted by Crippen LogP contribution is -2.40. The lowest BCUT2D eigenvalue weighted by atomic mass is 10.0. The maximum Gasteiger partial charge on any atom is 0.251 e. The monoisotopic (exact) mass is 518 g/mol. The highest BCUT2D eigenvalue weighted by Crippen LogP contribution is 2.51. The van der Waals surface area contributed by atoms with Gasteiger partial charge in [-0.1, -0.05) is 30.4 Å². The zero-order chi connectivity index (χ0) is 24.9. The molecule has 2 aromatic carbocycles. The van der Waals surface area contributed by atoms with Crippen molar-refractivity contribution in [2.24, 2.45) is 5.73 Å². The van der Waals surface area contributed by atoms with E-state index in [9.17, 15) is 13.0 Å². The summed E-state index contributed by atoms with van der Waals surface area (Å²) in [6.45, 7) is 4.40. The maximum absolute atomic E-state index is 15.2. The molecular weight excluding hydrogens is 494 g/mol. The van der Waals surface area contributed by atoms with E-state index >= 15 is 4.39 Å². The molecule has 1 aliphatic carbocycles. The van der Waals surface area contributed by atoms with Crippen molar-refractivity contribution in [1.82, 2.24) is 3.97 Å². The smallest absolute Gasteiger partial charge is 0.251 e. The molecule has 1 aromatic heterocycles. The number of fused-ring (bicyclic) bond motifs is 1. The molecular formula is C24H24FN2O4PS2. The number of benzene rings is 2. The second-order valence-corrected chi connectivity index (χ2v) is 14.6. The minimum absolute atomic E-state index is 0.112. The summed E-state index contributed by atoms with van der Waals surface area (Å²) >= 11 is 5.00. The molecule has 1 unspecified atom stereocenters. The second kappa shape index (κ2) is 8.48. The van der Waals surface area contributed by atoms with E-state index in [0.29, 0.717) is 33.3 Å². The van der Waals surface area contributed by atoms with Crippen molar-refractivity contribution in [2.45, 2.75) is 18.1 Å². The van der Waals surface area contributed by atoms with Gasteiger partial charge < -0.3 is 15.0 Å². The summed E-state index contributed by atoms with van der Waals surface area (Å²) in [5.41, 5.74) is 6.73. The predicted octanol–water partition coefficient (Wildman–Crippen LogP) is 5.77. The molecule has 0 amide bonds. The quantitative estimate of drug-likeness (QED) is 0.329. The Labute approximate surface area is 203 Å². The number of ether oxygens (including phenoxy) is 1. The molecule has 0 aliphatic heterocycles. The van der Waals surface area contributed by atoms with Gasteiger partial charge in [0.25, 0.3) is 10.0 Å². The zero-order valence-electron chi connectivity index (χ0n) is 18.9. The van der Waals surface area contributed by atoms with Crippen molar-refractivity contribution < 1.29 is 22.1 Å². The van der Waals surface area contributed by atoms with E-state index in [4.69, 9.17) is 22.7 Å². The summed E-state index contributed by atoms with van der Waals surface area (Å²) in [7, 11) is -6.89. The van der Waals surface area contributed by atoms with Crippen LogP contribution in [-0.4, -0.2) is 35.5 Å². The summed E-state index contributed by atoms with van der Waals surface area (Å²) in [4.78, 5) is 0.253. The van der Waals surface area contributed by atoms with Gasteiger partial charge in [0.1, 0.15) is 34.2 Å². The lowest BCUT2D eigenvalue weighted by molar-refractivity contribution is 0.476. The van der Waals surface area contributed by atoms with Crippen LogP contribution in [0.5, 0.6) is 11.5 Å². The Balaban J connectivity index is 1.68. The number of nitrogens with zero attached hydrogens (tertiary/aromatic N) is 1. The third-order valence-corrected chi connectivity index (χ3v) is 10.0. The fraction of sp³-hybridized carbons (Fsp3) is 0.208. The molecule has 1 atom stereocenters. The Morgan fingerprint density at radius 1 is 1.18 bits per heavy atom. The molecule has 0 spiro atoms. The summed E-state index contributed by atoms with van der Waals surface area (Å²) in [5.74, 6) is 0.200. The molecule has 34 heavy (non-hydrogen) atoms. The molecule has 1 heterocycles. The maximum atomic E-state index is 15.2. The molecule has 0 fully saturated rings. The van der Waals surface area contributed by atoms with Crippen LogP contribution in [0.1, 0.15) is 18.9 Å². The van der Waals surface area contributed by atoms with Crippen LogP contribution in [0.25, 0.3) is 10.9 Å². The van der Waals surface area contributed by atoms with Crippen molar-refractivity contribution in [3.63, 3.8) is 0 Å². The van der Waals surface area contributed by atoms with Crippen molar-refractivity contribution in [3.8, 4) is 11.5 Å². The highest BCUT2D eigenvalue weighted by molar-refractivity contribution is 7.91. The van der Waals surface area contributed by atoms with Crippen molar-refractivity contribution in [2.75, 3.05) is 13.3 Å². The second-order valence-electron chi connectivity index (χ2n) is 8.74. The highest BCUT2D eigenvalue weighted by atomic mass is 32.2. The van der Waals surface area contributed by atoms with Crippen LogP contribution in [-0.2, 0) is 14.6 Å². The van der Waals surface area contributed by atoms with Crippen LogP contribution in [0.3, 0.4) is 0 Å². The summed E-state index contributed by atoms with van der Waals surface area (Å²) in [6.07, 6.45) is 3.94. The zero-order valence-corrected chi connectivity index (χ0v) is 21.4. The topological polar surface area (TPSA) is 91.4 Å². The number of rotatable bonds is 6. The molecule has 1 aliphatic rings. The standard InChI is InChI=1S/C24H24FN2O4PS2/c1-24(11-9-20(15-22(24)25)32(2,3)28)34(29,30)27-12-10-16-13-19(7-8-21(16)27)31-18-6-4-5-17(14-18)23(26)33/h4-10,12-15H,11H2,1-3H3,(H2,26,33). The molecule has 4 rings (SSSR count). The van der Waals surface area contributed by atoms with Crippen LogP contribution in [0.15, 0.2) is 78.0 Å². The first kappa shape index (κ1) is 24.4. The number of halogens is 1. The number of allylic oxidation sites excluding steroid dienone is 3. The van der Waals surface area contributed by atoms with Crippen molar-refractivity contribution in [1.29, 1.82) is 0 Å². The molecule has 0 radical (unpaired) electrons. The SMILES string of the molecule is CC1(S(=O)(=O)n2ccc3cc(Oc4cccc(C(N)=S)c4)ccc32)CC=C(P(C)(C)=O)C=C1F. The minimum Gasteiger partial charge on any atom is -0.457 e. The normalized spacial score (nSPS) is 18.9. The van der Waals surface area contributed by atoms with Crippen LogP contribution < -0.4 is 10.5 Å². The number of thiocarbonyl (C=S) groups is 1. The predicted molar refractivity (Wildman–Crippen MR) is 138 cm³/mol. The average molecular weight is 519 g/mol. The van der Waals surface area contributed by atoms with Gasteiger partial charge in [-0.2, -0.15) is 0 Å². The van der Waals surface area contributed by atoms with Gasteiger partial charge in [0.05, 0.1) is 5.52 Å². The number of nitrogens with two attached hydrogens (primary N) is 1. The number of hydrogen-bond donors (Lipinski definition) is 1. The fourth-order valence-corrected chi connectivity index (χ4v) is 6.54. The van der Waals surface area contributed by atoms with E-state index in [2.05, 4.69) is 0 Å². The molecule has 178 valence electrons. The van der Waals surface area contributed by atoms with Gasteiger partial charge in [-0.3, -0.25) is 0 Å². The minimum atomic E-state index is -4.18. The number of hydrogen-bond acceptors (Lipinski definition) is 5. The third kappa shape index (κ3) is 4.24. The van der Waals surface area contributed by atoms with E-state index < -0.39 is 27.7 Å². The molecule has 6 nitrogen and oxygen atoms in total. The molecule has 0 saturated heterocycles. The Bertz CT molecular complexity index is 1540. The van der Waals surface area contributed by atoms with Crippen LogP contribution in [0.4, 0.5) is 4.39 Å². The van der Waals surface area contributed by atoms with Gasteiger partial charge >= 0.3 is 0 Å².